The van der Waals surface area contributed by atoms with Gasteiger partial charge in [0.1, 0.15) is 35.8 Å². The van der Waals surface area contributed by atoms with Gasteiger partial charge in [-0.3, -0.25) is 24.2 Å². The Bertz CT molecular complexity index is 2010. The number of fused-ring (bicyclic) bond motifs is 2. The number of methoxy groups -OCH3 is 1. The van der Waals surface area contributed by atoms with Crippen LogP contribution < -0.4 is 25.4 Å². The molecule has 5 heterocycles. The molecule has 19 heteroatoms. The lowest BCUT2D eigenvalue weighted by atomic mass is 9.98. The molecule has 2 fully saturated rings. The number of aliphatic hydroxyl groups excluding tert-OH is 4. The maximum absolute atomic E-state index is 13.8. The van der Waals surface area contributed by atoms with Gasteiger partial charge >= 0.3 is 0 Å². The van der Waals surface area contributed by atoms with Crippen molar-refractivity contribution in [2.45, 2.75) is 68.8 Å². The van der Waals surface area contributed by atoms with Crippen LogP contribution in [0.25, 0.3) is 0 Å². The van der Waals surface area contributed by atoms with Gasteiger partial charge in [-0.1, -0.05) is 0 Å². The molecule has 3 aliphatic rings. The molecule has 19 nitrogen and oxygen atoms in total. The van der Waals surface area contributed by atoms with Crippen LogP contribution >= 0.6 is 0 Å². The number of carbonyl (C=O) groups excluding carboxylic acids is 4. The summed E-state index contributed by atoms with van der Waals surface area (Å²) in [5, 5.41) is 50.0. The summed E-state index contributed by atoms with van der Waals surface area (Å²) in [6.45, 7) is 1.34. The number of carbonyl (C=O) groups is 4. The molecule has 6 rings (SSSR count). The minimum absolute atomic E-state index is 0.00269. The topological polar surface area (TPSA) is 242 Å². The van der Waals surface area contributed by atoms with E-state index >= 15 is 0 Å². The smallest absolute Gasteiger partial charge is 0.272 e. The number of hydrogen-bond acceptors (Lipinski definition) is 13. The van der Waals surface area contributed by atoms with Gasteiger partial charge in [0.05, 0.1) is 49.0 Å². The van der Waals surface area contributed by atoms with Crippen molar-refractivity contribution in [3.05, 3.63) is 53.6 Å². The minimum Gasteiger partial charge on any atom is -0.493 e. The summed E-state index contributed by atoms with van der Waals surface area (Å²) in [6, 6.07) is 6.07. The molecule has 0 spiro atoms. The second-order valence-corrected chi connectivity index (χ2v) is 14.8. The van der Waals surface area contributed by atoms with E-state index in [9.17, 15) is 39.6 Å². The third-order valence-corrected chi connectivity index (χ3v) is 10.3. The fourth-order valence-corrected chi connectivity index (χ4v) is 7.25. The highest BCUT2D eigenvalue weighted by molar-refractivity contribution is 6.06. The minimum atomic E-state index is -1.73. The van der Waals surface area contributed by atoms with Gasteiger partial charge in [-0.05, 0) is 64.5 Å². The lowest BCUT2D eigenvalue weighted by Crippen LogP contribution is -2.56. The lowest BCUT2D eigenvalue weighted by molar-refractivity contribution is -0.251. The molecule has 1 aromatic carbocycles. The standard InChI is InChI=1S/C39H52N8O11/c1-44(2)11-7-10-40-36(53)27-14-22(19-45(27)3)43-37(54)28-15-23(20-47(28)39-35(52)34(51)33(50)31(21-48)58-39)42-32(49)9-6-13-57-30-17-26-25(16-29(30)56-4)38(55)46-12-5-8-24(46)18-41-26/h14-20,24,31,33-35,39,48,50-52H,5-13,21H2,1-4H3,(H,40,53)(H,42,49)(H,43,54)/t24-,31-,33-,34-,35-,39+/m1/s1. The average Bonchev–Trinajstić information content (AvgIpc) is 3.92. The normalized spacial score (nSPS) is 22.6. The summed E-state index contributed by atoms with van der Waals surface area (Å²) in [5.74, 6) is -0.865. The maximum Gasteiger partial charge on any atom is 0.272 e. The average molecular weight is 809 g/mol. The summed E-state index contributed by atoms with van der Waals surface area (Å²) >= 11 is 0. The Morgan fingerprint density at radius 1 is 0.966 bits per heavy atom. The van der Waals surface area contributed by atoms with Gasteiger partial charge in [-0.15, -0.1) is 0 Å². The van der Waals surface area contributed by atoms with Gasteiger partial charge in [0, 0.05) is 51.2 Å². The number of aryl methyl sites for hydroxylation is 1. The Labute approximate surface area is 335 Å². The van der Waals surface area contributed by atoms with Gasteiger partial charge in [0.15, 0.2) is 17.7 Å². The summed E-state index contributed by atoms with van der Waals surface area (Å²) in [4.78, 5) is 61.4. The third kappa shape index (κ3) is 9.35. The highest BCUT2D eigenvalue weighted by atomic mass is 16.6. The summed E-state index contributed by atoms with van der Waals surface area (Å²) in [7, 11) is 7.01. The Hall–Kier alpha value is -5.31. The van der Waals surface area contributed by atoms with Crippen molar-refractivity contribution in [2.75, 3.05) is 64.7 Å². The second kappa shape index (κ2) is 18.5. The van der Waals surface area contributed by atoms with E-state index in [4.69, 9.17) is 14.2 Å². The molecule has 3 aliphatic heterocycles. The van der Waals surface area contributed by atoms with Crippen LogP contribution in [0.3, 0.4) is 0 Å². The first-order valence-electron chi connectivity index (χ1n) is 19.2. The Kier molecular flexibility index (Phi) is 13.5. The Balaban J connectivity index is 1.13. The Morgan fingerprint density at radius 2 is 1.72 bits per heavy atom. The van der Waals surface area contributed by atoms with E-state index < -0.39 is 49.1 Å². The fourth-order valence-electron chi connectivity index (χ4n) is 7.25. The first kappa shape index (κ1) is 42.3. The predicted molar refractivity (Wildman–Crippen MR) is 211 cm³/mol. The number of aliphatic hydroxyl groups is 4. The number of benzene rings is 1. The molecule has 58 heavy (non-hydrogen) atoms. The van der Waals surface area contributed by atoms with Gasteiger partial charge in [-0.25, -0.2) is 0 Å². The van der Waals surface area contributed by atoms with Crippen molar-refractivity contribution in [3.63, 3.8) is 0 Å². The monoisotopic (exact) mass is 808 g/mol. The lowest BCUT2D eigenvalue weighted by Gasteiger charge is -2.40. The molecule has 6 atom stereocenters. The van der Waals surface area contributed by atoms with E-state index in [1.165, 1.54) is 30.0 Å². The number of rotatable bonds is 16. The molecular formula is C39H52N8O11. The van der Waals surface area contributed by atoms with Crippen LogP contribution in [0.2, 0.25) is 0 Å². The summed E-state index contributed by atoms with van der Waals surface area (Å²) < 4.78 is 20.0. The third-order valence-electron chi connectivity index (χ3n) is 10.3. The number of nitrogens with one attached hydrogen (secondary N) is 3. The maximum atomic E-state index is 13.8. The van der Waals surface area contributed by atoms with Crippen molar-refractivity contribution >= 4 is 46.9 Å². The van der Waals surface area contributed by atoms with Crippen LogP contribution in [-0.4, -0.2) is 154 Å². The first-order valence-corrected chi connectivity index (χ1v) is 19.2. The predicted octanol–water partition coefficient (Wildman–Crippen LogP) is 0.860. The van der Waals surface area contributed by atoms with E-state index in [-0.39, 0.29) is 54.4 Å². The van der Waals surface area contributed by atoms with Gasteiger partial charge < -0.3 is 69.5 Å². The molecule has 7 N–H and O–H groups in total. The second-order valence-electron chi connectivity index (χ2n) is 14.8. The number of aromatic nitrogens is 2. The molecule has 0 unspecified atom stereocenters. The number of ether oxygens (including phenoxy) is 3. The number of nitrogens with zero attached hydrogens (tertiary/aromatic N) is 5. The SMILES string of the molecule is COc1cc2c(cc1OCCCC(=O)Nc1cc(C(=O)Nc3cc(C(=O)NCCCN(C)C)n(C)c3)n([C@H]3O[C@H](CO)[C@@H](O)[C@@H](O)[C@H]3O)c1)N=C[C@H]1CCCN1C2=O. The zero-order valence-electron chi connectivity index (χ0n) is 33.0. The van der Waals surface area contributed by atoms with E-state index in [2.05, 4.69) is 20.9 Å². The Morgan fingerprint density at radius 3 is 2.47 bits per heavy atom. The number of amides is 4. The molecule has 0 radical (unpaired) electrons. The highest BCUT2D eigenvalue weighted by Crippen LogP contribution is 2.38. The first-order chi connectivity index (χ1) is 27.8. The highest BCUT2D eigenvalue weighted by Gasteiger charge is 2.45. The summed E-state index contributed by atoms with van der Waals surface area (Å²) in [5.41, 5.74) is 1.51. The largest absolute Gasteiger partial charge is 0.493 e. The van der Waals surface area contributed by atoms with Crippen LogP contribution in [0.5, 0.6) is 11.5 Å². The molecule has 0 aliphatic carbocycles. The van der Waals surface area contributed by atoms with Gasteiger partial charge in [0.25, 0.3) is 17.7 Å². The molecule has 314 valence electrons. The van der Waals surface area contributed by atoms with E-state index in [0.29, 0.717) is 41.5 Å². The van der Waals surface area contributed by atoms with Crippen LogP contribution in [0.1, 0.15) is 69.7 Å². The van der Waals surface area contributed by atoms with Crippen LogP contribution in [0.4, 0.5) is 17.1 Å². The quantitative estimate of drug-likeness (QED) is 0.0998. The zero-order chi connectivity index (χ0) is 41.7. The molecule has 0 bridgehead atoms. The number of hydrogen-bond donors (Lipinski definition) is 7. The molecule has 2 saturated heterocycles. The fraction of sp³-hybridized carbons (Fsp3) is 0.513. The van der Waals surface area contributed by atoms with Crippen molar-refractivity contribution in [1.29, 1.82) is 0 Å². The van der Waals surface area contributed by atoms with Crippen molar-refractivity contribution < 1.29 is 53.8 Å². The number of aliphatic imine (C=N–C) groups is 1. The molecule has 2 aromatic heterocycles. The van der Waals surface area contributed by atoms with E-state index in [0.717, 1.165) is 25.8 Å². The van der Waals surface area contributed by atoms with E-state index in [1.807, 2.05) is 19.0 Å². The molecule has 4 amide bonds. The van der Waals surface area contributed by atoms with Crippen molar-refractivity contribution in [3.8, 4) is 11.5 Å². The van der Waals surface area contributed by atoms with Crippen LogP contribution in [0.15, 0.2) is 41.7 Å². The van der Waals surface area contributed by atoms with Gasteiger partial charge in [0.2, 0.25) is 5.91 Å². The summed E-state index contributed by atoms with van der Waals surface area (Å²) in [6.07, 6.45) is -0.378. The number of anilines is 2. The van der Waals surface area contributed by atoms with E-state index in [1.54, 1.807) is 41.1 Å². The molecule has 0 saturated carbocycles. The van der Waals surface area contributed by atoms with Crippen molar-refractivity contribution in [2.24, 2.45) is 12.0 Å². The zero-order valence-corrected chi connectivity index (χ0v) is 33.0. The molecular weight excluding hydrogens is 756 g/mol. The van der Waals surface area contributed by atoms with Crippen LogP contribution in [-0.2, 0) is 16.6 Å². The van der Waals surface area contributed by atoms with Crippen LogP contribution in [0, 0.1) is 0 Å². The molecule has 3 aromatic rings. The van der Waals surface area contributed by atoms with Gasteiger partial charge in [-0.2, -0.15) is 0 Å². The van der Waals surface area contributed by atoms with Crippen molar-refractivity contribution in [1.82, 2.24) is 24.3 Å².